The molecule has 0 radical (unpaired) electrons. The van der Waals surface area contributed by atoms with Gasteiger partial charge in [0.1, 0.15) is 0 Å². The highest BCUT2D eigenvalue weighted by Crippen LogP contribution is 2.17. The molecule has 1 unspecified atom stereocenters. The number of amides is 1. The first-order valence-electron chi connectivity index (χ1n) is 5.84. The Kier molecular flexibility index (Phi) is 5.92. The molecule has 0 bridgehead atoms. The van der Waals surface area contributed by atoms with Crippen molar-refractivity contribution >= 4 is 17.5 Å². The van der Waals surface area contributed by atoms with Crippen LogP contribution in [-0.4, -0.2) is 24.9 Å². The van der Waals surface area contributed by atoms with Gasteiger partial charge >= 0.3 is 0 Å². The largest absolute Gasteiger partial charge is 0.494 e. The van der Waals surface area contributed by atoms with E-state index in [1.807, 2.05) is 6.92 Å². The molecule has 1 N–H and O–H groups in total. The molecule has 100 valence electrons. The van der Waals surface area contributed by atoms with Crippen LogP contribution in [0.25, 0.3) is 0 Å². The zero-order valence-electron chi connectivity index (χ0n) is 10.5. The van der Waals surface area contributed by atoms with Crippen molar-refractivity contribution in [1.29, 1.82) is 0 Å². The normalized spacial score (nSPS) is 12.0. The topological polar surface area (TPSA) is 38.3 Å². The molecule has 0 saturated carbocycles. The van der Waals surface area contributed by atoms with E-state index >= 15 is 0 Å². The maximum absolute atomic E-state index is 13.4. The van der Waals surface area contributed by atoms with Gasteiger partial charge in [0.15, 0.2) is 11.6 Å². The maximum Gasteiger partial charge on any atom is 0.251 e. The average Bonchev–Trinajstić information content (AvgIpc) is 2.38. The summed E-state index contributed by atoms with van der Waals surface area (Å²) in [6.07, 6.45) is 1.55. The number of carbonyl (C=O) groups excluding carboxylic acids is 1. The highest BCUT2D eigenvalue weighted by atomic mass is 35.5. The van der Waals surface area contributed by atoms with E-state index in [1.54, 1.807) is 0 Å². The van der Waals surface area contributed by atoms with Crippen molar-refractivity contribution < 1.29 is 13.9 Å². The standard InChI is InChI=1S/C13H17ClFNO2/c1-3-10(14)6-7-16-13(17)9-4-5-12(18-2)11(15)8-9/h4-5,8,10H,3,6-7H2,1-2H3,(H,16,17). The average molecular weight is 274 g/mol. The molecule has 0 aliphatic rings. The monoisotopic (exact) mass is 273 g/mol. The molecule has 0 aromatic heterocycles. The number of carbonyl (C=O) groups is 1. The molecule has 5 heteroatoms. The Bertz CT molecular complexity index is 412. The minimum Gasteiger partial charge on any atom is -0.494 e. The molecule has 1 rings (SSSR count). The molecule has 0 saturated heterocycles. The highest BCUT2D eigenvalue weighted by Gasteiger charge is 2.10. The molecular formula is C13H17ClFNO2. The van der Waals surface area contributed by atoms with Crippen LogP contribution in [0.15, 0.2) is 18.2 Å². The first kappa shape index (κ1) is 14.8. The summed E-state index contributed by atoms with van der Waals surface area (Å²) in [4.78, 5) is 11.7. The van der Waals surface area contributed by atoms with Gasteiger partial charge in [0.2, 0.25) is 0 Å². The molecule has 18 heavy (non-hydrogen) atoms. The number of hydrogen-bond donors (Lipinski definition) is 1. The molecule has 0 spiro atoms. The first-order chi connectivity index (χ1) is 8.58. The van der Waals surface area contributed by atoms with E-state index in [9.17, 15) is 9.18 Å². The maximum atomic E-state index is 13.4. The van der Waals surface area contributed by atoms with Crippen molar-refractivity contribution in [3.05, 3.63) is 29.6 Å². The lowest BCUT2D eigenvalue weighted by atomic mass is 10.2. The van der Waals surface area contributed by atoms with Gasteiger partial charge in [0, 0.05) is 17.5 Å². The smallest absolute Gasteiger partial charge is 0.251 e. The predicted molar refractivity (Wildman–Crippen MR) is 69.8 cm³/mol. The third kappa shape index (κ3) is 4.18. The first-order valence-corrected chi connectivity index (χ1v) is 6.28. The van der Waals surface area contributed by atoms with Gasteiger partial charge < -0.3 is 10.1 Å². The van der Waals surface area contributed by atoms with Gasteiger partial charge in [-0.25, -0.2) is 4.39 Å². The summed E-state index contributed by atoms with van der Waals surface area (Å²) in [5.74, 6) is -0.733. The second kappa shape index (κ2) is 7.21. The molecule has 3 nitrogen and oxygen atoms in total. The molecule has 1 aromatic rings. The van der Waals surface area contributed by atoms with Crippen LogP contribution in [0, 0.1) is 5.82 Å². The van der Waals surface area contributed by atoms with E-state index in [0.717, 1.165) is 12.5 Å². The number of halogens is 2. The summed E-state index contributed by atoms with van der Waals surface area (Å²) >= 11 is 5.93. The zero-order chi connectivity index (χ0) is 13.5. The van der Waals surface area contributed by atoms with Crippen molar-refractivity contribution in [2.24, 2.45) is 0 Å². The van der Waals surface area contributed by atoms with E-state index in [0.29, 0.717) is 13.0 Å². The second-order valence-corrected chi connectivity index (χ2v) is 4.52. The van der Waals surface area contributed by atoms with Gasteiger partial charge in [-0.15, -0.1) is 11.6 Å². The minimum absolute atomic E-state index is 0.0536. The Balaban J connectivity index is 2.54. The molecule has 1 atom stereocenters. The lowest BCUT2D eigenvalue weighted by Gasteiger charge is -2.09. The number of nitrogens with one attached hydrogen (secondary N) is 1. The van der Waals surface area contributed by atoms with Crippen molar-refractivity contribution in [2.75, 3.05) is 13.7 Å². The SMILES string of the molecule is CCC(Cl)CCNC(=O)c1ccc(OC)c(F)c1. The summed E-state index contributed by atoms with van der Waals surface area (Å²) < 4.78 is 18.2. The number of benzene rings is 1. The van der Waals surface area contributed by atoms with Gasteiger partial charge in [-0.05, 0) is 31.0 Å². The fourth-order valence-corrected chi connectivity index (χ4v) is 1.57. The van der Waals surface area contributed by atoms with Crippen molar-refractivity contribution in [3.63, 3.8) is 0 Å². The van der Waals surface area contributed by atoms with E-state index in [4.69, 9.17) is 16.3 Å². The Morgan fingerprint density at radius 1 is 1.56 bits per heavy atom. The Morgan fingerprint density at radius 2 is 2.28 bits per heavy atom. The Morgan fingerprint density at radius 3 is 2.83 bits per heavy atom. The Labute approximate surface area is 111 Å². The van der Waals surface area contributed by atoms with E-state index < -0.39 is 5.82 Å². The highest BCUT2D eigenvalue weighted by molar-refractivity contribution is 6.20. The van der Waals surface area contributed by atoms with Gasteiger partial charge in [0.25, 0.3) is 5.91 Å². The quantitative estimate of drug-likeness (QED) is 0.809. The fourth-order valence-electron chi connectivity index (χ4n) is 1.46. The number of hydrogen-bond acceptors (Lipinski definition) is 2. The number of alkyl halides is 1. The number of rotatable bonds is 6. The summed E-state index contributed by atoms with van der Waals surface area (Å²) in [5, 5.41) is 2.75. The van der Waals surface area contributed by atoms with Crippen LogP contribution in [0.1, 0.15) is 30.1 Å². The van der Waals surface area contributed by atoms with Crippen LogP contribution in [0.5, 0.6) is 5.75 Å². The van der Waals surface area contributed by atoms with Crippen LogP contribution >= 0.6 is 11.6 Å². The fraction of sp³-hybridized carbons (Fsp3) is 0.462. The molecule has 1 aromatic carbocycles. The molecule has 0 heterocycles. The van der Waals surface area contributed by atoms with Crippen LogP contribution in [0.4, 0.5) is 4.39 Å². The number of ether oxygens (including phenoxy) is 1. The summed E-state index contributed by atoms with van der Waals surface area (Å²) in [6.45, 7) is 2.47. The Hall–Kier alpha value is -1.29. The molecule has 0 aliphatic heterocycles. The third-order valence-electron chi connectivity index (χ3n) is 2.60. The van der Waals surface area contributed by atoms with Crippen LogP contribution in [0.3, 0.4) is 0 Å². The lowest BCUT2D eigenvalue weighted by Crippen LogP contribution is -2.26. The van der Waals surface area contributed by atoms with E-state index in [-0.39, 0.29) is 22.6 Å². The van der Waals surface area contributed by atoms with Crippen LogP contribution < -0.4 is 10.1 Å². The summed E-state index contributed by atoms with van der Waals surface area (Å²) in [7, 11) is 1.38. The molecule has 1 amide bonds. The third-order valence-corrected chi connectivity index (χ3v) is 3.13. The second-order valence-electron chi connectivity index (χ2n) is 3.90. The zero-order valence-corrected chi connectivity index (χ0v) is 11.3. The van der Waals surface area contributed by atoms with E-state index in [2.05, 4.69) is 5.32 Å². The van der Waals surface area contributed by atoms with Crippen LogP contribution in [-0.2, 0) is 0 Å². The summed E-state index contributed by atoms with van der Waals surface area (Å²) in [6, 6.07) is 4.11. The van der Waals surface area contributed by atoms with Gasteiger partial charge in [-0.1, -0.05) is 6.92 Å². The van der Waals surface area contributed by atoms with Gasteiger partial charge in [-0.3, -0.25) is 4.79 Å². The van der Waals surface area contributed by atoms with Crippen molar-refractivity contribution in [3.8, 4) is 5.75 Å². The van der Waals surface area contributed by atoms with Crippen LogP contribution in [0.2, 0.25) is 0 Å². The van der Waals surface area contributed by atoms with E-state index in [1.165, 1.54) is 19.2 Å². The minimum atomic E-state index is -0.547. The summed E-state index contributed by atoms with van der Waals surface area (Å²) in [5.41, 5.74) is 0.274. The molecule has 0 fully saturated rings. The van der Waals surface area contributed by atoms with Crippen molar-refractivity contribution in [2.45, 2.75) is 25.1 Å². The van der Waals surface area contributed by atoms with Gasteiger partial charge in [0.05, 0.1) is 7.11 Å². The van der Waals surface area contributed by atoms with Gasteiger partial charge in [-0.2, -0.15) is 0 Å². The molecule has 0 aliphatic carbocycles. The predicted octanol–water partition coefficient (Wildman–Crippen LogP) is 2.97. The molecular weight excluding hydrogens is 257 g/mol. The lowest BCUT2D eigenvalue weighted by molar-refractivity contribution is 0.0952. The number of methoxy groups -OCH3 is 1. The van der Waals surface area contributed by atoms with Crippen molar-refractivity contribution in [1.82, 2.24) is 5.32 Å².